The fourth-order valence-corrected chi connectivity index (χ4v) is 1.77. The van der Waals surface area contributed by atoms with Crippen molar-refractivity contribution in [1.82, 2.24) is 0 Å². The largest absolute Gasteiger partial charge is 0.432 e. The van der Waals surface area contributed by atoms with Crippen LogP contribution in [0.3, 0.4) is 0 Å². The van der Waals surface area contributed by atoms with Crippen LogP contribution in [0.5, 0.6) is 5.75 Å². The minimum atomic E-state index is -3.17. The summed E-state index contributed by atoms with van der Waals surface area (Å²) >= 11 is 5.62. The van der Waals surface area contributed by atoms with E-state index in [2.05, 4.69) is 10.1 Å². The zero-order valence-corrected chi connectivity index (χ0v) is 11.1. The molecule has 2 aromatic carbocycles. The van der Waals surface area contributed by atoms with E-state index in [0.717, 1.165) is 18.2 Å². The first-order valence-corrected chi connectivity index (χ1v) is 6.00. The maximum atomic E-state index is 13.4. The van der Waals surface area contributed by atoms with Gasteiger partial charge >= 0.3 is 6.61 Å². The highest BCUT2D eigenvalue weighted by Crippen LogP contribution is 2.32. The summed E-state index contributed by atoms with van der Waals surface area (Å²) in [5.74, 6) is -2.29. The topological polar surface area (TPSA) is 47.3 Å². The van der Waals surface area contributed by atoms with Gasteiger partial charge in [-0.3, -0.25) is 0 Å². The van der Waals surface area contributed by atoms with Crippen LogP contribution in [0.15, 0.2) is 30.3 Å². The summed E-state index contributed by atoms with van der Waals surface area (Å²) in [7, 11) is 0. The Hall–Kier alpha value is -2.15. The molecule has 2 rings (SSSR count). The van der Waals surface area contributed by atoms with E-state index >= 15 is 0 Å². The standard InChI is InChI=1S/C13H9ClF4N2O/c14-7-3-6(1-2-8(7)15)20-11-5-12(21-13(17)18)9(16)4-10(11)19/h1-5,13,20H,19H2. The second-order valence-electron chi connectivity index (χ2n) is 4.00. The molecule has 0 saturated heterocycles. The Morgan fingerprint density at radius 3 is 2.43 bits per heavy atom. The van der Waals surface area contributed by atoms with Crippen molar-refractivity contribution >= 4 is 28.7 Å². The monoisotopic (exact) mass is 320 g/mol. The summed E-state index contributed by atoms with van der Waals surface area (Å²) < 4.78 is 54.8. The van der Waals surface area contributed by atoms with Gasteiger partial charge in [0, 0.05) is 17.8 Å². The molecule has 0 saturated carbocycles. The second-order valence-corrected chi connectivity index (χ2v) is 4.41. The molecule has 0 aliphatic heterocycles. The van der Waals surface area contributed by atoms with Crippen LogP contribution in [-0.4, -0.2) is 6.61 Å². The Morgan fingerprint density at radius 1 is 1.10 bits per heavy atom. The molecule has 0 radical (unpaired) electrons. The minimum Gasteiger partial charge on any atom is -0.432 e. The van der Waals surface area contributed by atoms with Crippen LogP contribution < -0.4 is 15.8 Å². The van der Waals surface area contributed by atoms with Gasteiger partial charge in [0.15, 0.2) is 11.6 Å². The quantitative estimate of drug-likeness (QED) is 0.642. The Morgan fingerprint density at radius 2 is 1.81 bits per heavy atom. The molecule has 0 aliphatic rings. The van der Waals surface area contributed by atoms with Crippen molar-refractivity contribution in [3.8, 4) is 5.75 Å². The number of nitrogen functional groups attached to an aromatic ring is 1. The first-order chi connectivity index (χ1) is 9.86. The highest BCUT2D eigenvalue weighted by atomic mass is 35.5. The Balaban J connectivity index is 2.32. The van der Waals surface area contributed by atoms with Gasteiger partial charge in [0.05, 0.1) is 16.4 Å². The number of hydrogen-bond donors (Lipinski definition) is 2. The number of rotatable bonds is 4. The Kier molecular flexibility index (Phi) is 4.42. The van der Waals surface area contributed by atoms with Crippen LogP contribution in [0.1, 0.15) is 0 Å². The number of anilines is 3. The summed E-state index contributed by atoms with van der Waals surface area (Å²) in [6, 6.07) is 5.56. The maximum Gasteiger partial charge on any atom is 0.387 e. The van der Waals surface area contributed by atoms with Crippen molar-refractivity contribution in [3.63, 3.8) is 0 Å². The minimum absolute atomic E-state index is 0.0328. The third kappa shape index (κ3) is 3.69. The lowest BCUT2D eigenvalue weighted by molar-refractivity contribution is -0.0521. The summed E-state index contributed by atoms with van der Waals surface area (Å²) in [5, 5.41) is 2.58. The molecule has 3 N–H and O–H groups in total. The Bertz CT molecular complexity index is 667. The average Bonchev–Trinajstić information content (AvgIpc) is 2.39. The number of hydrogen-bond acceptors (Lipinski definition) is 3. The molecule has 0 unspecified atom stereocenters. The molecular weight excluding hydrogens is 312 g/mol. The summed E-state index contributed by atoms with van der Waals surface area (Å²) in [4.78, 5) is 0. The first kappa shape index (κ1) is 15.2. The summed E-state index contributed by atoms with van der Waals surface area (Å²) in [5.41, 5.74) is 6.02. The molecule has 0 aliphatic carbocycles. The van der Waals surface area contributed by atoms with Gasteiger partial charge in [0.25, 0.3) is 0 Å². The molecule has 3 nitrogen and oxygen atoms in total. The van der Waals surface area contributed by atoms with E-state index < -0.39 is 24.0 Å². The third-order valence-electron chi connectivity index (χ3n) is 2.52. The van der Waals surface area contributed by atoms with Crippen LogP contribution in [-0.2, 0) is 0 Å². The molecule has 8 heteroatoms. The van der Waals surface area contributed by atoms with Crippen molar-refractivity contribution in [2.45, 2.75) is 6.61 Å². The van der Waals surface area contributed by atoms with E-state index in [1.807, 2.05) is 0 Å². The molecule has 0 fully saturated rings. The smallest absolute Gasteiger partial charge is 0.387 e. The zero-order chi connectivity index (χ0) is 15.6. The highest BCUT2D eigenvalue weighted by molar-refractivity contribution is 6.31. The normalized spacial score (nSPS) is 10.8. The van der Waals surface area contributed by atoms with Crippen molar-refractivity contribution in [3.05, 3.63) is 47.0 Å². The van der Waals surface area contributed by atoms with Crippen LogP contribution in [0.4, 0.5) is 34.6 Å². The van der Waals surface area contributed by atoms with Gasteiger partial charge < -0.3 is 15.8 Å². The second kappa shape index (κ2) is 6.09. The molecule has 0 heterocycles. The molecule has 112 valence electrons. The van der Waals surface area contributed by atoms with Crippen LogP contribution in [0.25, 0.3) is 0 Å². The van der Waals surface area contributed by atoms with Crippen LogP contribution >= 0.6 is 11.6 Å². The predicted molar refractivity (Wildman–Crippen MR) is 72.1 cm³/mol. The number of halogens is 5. The summed E-state index contributed by atoms with van der Waals surface area (Å²) in [6.45, 7) is -3.17. The van der Waals surface area contributed by atoms with Gasteiger partial charge in [0.2, 0.25) is 0 Å². The lowest BCUT2D eigenvalue weighted by atomic mass is 10.2. The molecule has 2 aromatic rings. The van der Waals surface area contributed by atoms with E-state index in [1.165, 1.54) is 12.1 Å². The molecule has 0 atom stereocenters. The van der Waals surface area contributed by atoms with E-state index in [-0.39, 0.29) is 16.4 Å². The third-order valence-corrected chi connectivity index (χ3v) is 2.81. The number of nitrogens with one attached hydrogen (secondary N) is 1. The molecule has 0 spiro atoms. The fraction of sp³-hybridized carbons (Fsp3) is 0.0769. The Labute approximate surface area is 122 Å². The predicted octanol–water partition coefficient (Wildman–Crippen LogP) is 4.55. The lowest BCUT2D eigenvalue weighted by Crippen LogP contribution is -2.05. The molecule has 0 aromatic heterocycles. The average molecular weight is 321 g/mol. The van der Waals surface area contributed by atoms with Gasteiger partial charge in [-0.25, -0.2) is 8.78 Å². The lowest BCUT2D eigenvalue weighted by Gasteiger charge is -2.13. The fourth-order valence-electron chi connectivity index (χ4n) is 1.59. The zero-order valence-electron chi connectivity index (χ0n) is 10.3. The van der Waals surface area contributed by atoms with E-state index in [9.17, 15) is 17.6 Å². The molecular formula is C13H9ClF4N2O. The number of benzene rings is 2. The van der Waals surface area contributed by atoms with E-state index in [4.69, 9.17) is 17.3 Å². The van der Waals surface area contributed by atoms with Crippen molar-refractivity contribution in [1.29, 1.82) is 0 Å². The van der Waals surface area contributed by atoms with Gasteiger partial charge in [-0.05, 0) is 18.2 Å². The highest BCUT2D eigenvalue weighted by Gasteiger charge is 2.14. The first-order valence-electron chi connectivity index (χ1n) is 5.62. The number of alkyl halides is 2. The maximum absolute atomic E-state index is 13.4. The van der Waals surface area contributed by atoms with E-state index in [1.54, 1.807) is 0 Å². The number of ether oxygens (including phenoxy) is 1. The SMILES string of the molecule is Nc1cc(F)c(OC(F)F)cc1Nc1ccc(F)c(Cl)c1. The van der Waals surface area contributed by atoms with Gasteiger partial charge in [0.1, 0.15) is 5.82 Å². The van der Waals surface area contributed by atoms with E-state index in [0.29, 0.717) is 5.69 Å². The molecule has 0 amide bonds. The van der Waals surface area contributed by atoms with Crippen LogP contribution in [0.2, 0.25) is 5.02 Å². The van der Waals surface area contributed by atoms with Gasteiger partial charge in [-0.1, -0.05) is 11.6 Å². The van der Waals surface area contributed by atoms with Crippen molar-refractivity contribution in [2.75, 3.05) is 11.1 Å². The van der Waals surface area contributed by atoms with Crippen molar-refractivity contribution in [2.24, 2.45) is 0 Å². The molecule has 0 bridgehead atoms. The molecule has 21 heavy (non-hydrogen) atoms. The van der Waals surface area contributed by atoms with Crippen molar-refractivity contribution < 1.29 is 22.3 Å². The van der Waals surface area contributed by atoms with Gasteiger partial charge in [-0.2, -0.15) is 8.78 Å². The van der Waals surface area contributed by atoms with Gasteiger partial charge in [-0.15, -0.1) is 0 Å². The summed E-state index contributed by atoms with van der Waals surface area (Å²) in [6.07, 6.45) is 0. The number of nitrogens with two attached hydrogens (primary N) is 1. The van der Waals surface area contributed by atoms with Crippen LogP contribution in [0, 0.1) is 11.6 Å².